The third kappa shape index (κ3) is 3.98. The second kappa shape index (κ2) is 8.57. The zero-order valence-electron chi connectivity index (χ0n) is 18.7. The second-order valence-corrected chi connectivity index (χ2v) is 8.64. The predicted octanol–water partition coefficient (Wildman–Crippen LogP) is 1.64. The number of fused-ring (bicyclic) bond motifs is 1. The van der Waals surface area contributed by atoms with Crippen molar-refractivity contribution in [2.24, 2.45) is 0 Å². The molecular weight excluding hydrogens is 424 g/mol. The van der Waals surface area contributed by atoms with Crippen LogP contribution in [0.2, 0.25) is 0 Å². The molecule has 3 aliphatic rings. The normalized spacial score (nSPS) is 19.5. The van der Waals surface area contributed by atoms with Crippen LogP contribution in [0.15, 0.2) is 30.1 Å². The van der Waals surface area contributed by atoms with Crippen molar-refractivity contribution in [3.8, 4) is 0 Å². The summed E-state index contributed by atoms with van der Waals surface area (Å²) in [4.78, 5) is 36.7. The van der Waals surface area contributed by atoms with E-state index in [9.17, 15) is 14.7 Å². The largest absolute Gasteiger partial charge is 0.457 e. The van der Waals surface area contributed by atoms with E-state index in [-0.39, 0.29) is 25.2 Å². The number of aromatic nitrogens is 2. The van der Waals surface area contributed by atoms with Gasteiger partial charge in [-0.25, -0.2) is 19.6 Å². The topological polar surface area (TPSA) is 105 Å². The molecule has 0 spiro atoms. The first kappa shape index (κ1) is 21.5. The number of carbonyl (C=O) groups excluding carboxylic acids is 2. The van der Waals surface area contributed by atoms with Gasteiger partial charge < -0.3 is 19.5 Å². The SMILES string of the molecule is CC1=C(c2cnc(N3CCN(C[C@H](O)c4ccc5c(c4C)COC5=O)CC3)nc2)COC1=O. The minimum Gasteiger partial charge on any atom is -0.457 e. The van der Waals surface area contributed by atoms with Crippen molar-refractivity contribution in [2.75, 3.05) is 44.2 Å². The molecule has 2 aromatic rings. The zero-order valence-corrected chi connectivity index (χ0v) is 18.7. The van der Waals surface area contributed by atoms with Gasteiger partial charge in [0.2, 0.25) is 5.95 Å². The van der Waals surface area contributed by atoms with Crippen LogP contribution < -0.4 is 4.90 Å². The summed E-state index contributed by atoms with van der Waals surface area (Å²) in [5, 5.41) is 10.9. The Morgan fingerprint density at radius 2 is 1.70 bits per heavy atom. The van der Waals surface area contributed by atoms with Crippen LogP contribution in [0, 0.1) is 6.92 Å². The van der Waals surface area contributed by atoms with Gasteiger partial charge in [0.25, 0.3) is 0 Å². The molecule has 0 aliphatic carbocycles. The average Bonchev–Trinajstić information content (AvgIpc) is 3.37. The van der Waals surface area contributed by atoms with Gasteiger partial charge in [0.1, 0.15) is 13.2 Å². The molecule has 4 heterocycles. The summed E-state index contributed by atoms with van der Waals surface area (Å²) in [6, 6.07) is 3.58. The van der Waals surface area contributed by atoms with Crippen LogP contribution >= 0.6 is 0 Å². The first-order chi connectivity index (χ1) is 15.9. The van der Waals surface area contributed by atoms with Gasteiger partial charge in [-0.2, -0.15) is 0 Å². The number of carbonyl (C=O) groups is 2. The molecule has 0 amide bonds. The summed E-state index contributed by atoms with van der Waals surface area (Å²) in [7, 11) is 0. The third-order valence-corrected chi connectivity index (χ3v) is 6.75. The maximum absolute atomic E-state index is 11.7. The summed E-state index contributed by atoms with van der Waals surface area (Å²) in [6.07, 6.45) is 2.84. The summed E-state index contributed by atoms with van der Waals surface area (Å²) in [6.45, 7) is 7.80. The summed E-state index contributed by atoms with van der Waals surface area (Å²) in [5.74, 6) is 0.0725. The van der Waals surface area contributed by atoms with Crippen LogP contribution in [0.5, 0.6) is 0 Å². The molecule has 1 aromatic carbocycles. The Morgan fingerprint density at radius 3 is 2.36 bits per heavy atom. The highest BCUT2D eigenvalue weighted by Crippen LogP contribution is 2.30. The van der Waals surface area contributed by atoms with Gasteiger partial charge in [-0.15, -0.1) is 0 Å². The number of nitrogens with zero attached hydrogens (tertiary/aromatic N) is 4. The number of benzene rings is 1. The van der Waals surface area contributed by atoms with Crippen LogP contribution in [-0.2, 0) is 20.9 Å². The molecule has 0 bridgehead atoms. The molecule has 0 unspecified atom stereocenters. The lowest BCUT2D eigenvalue weighted by Gasteiger charge is -2.35. The van der Waals surface area contributed by atoms with Crippen molar-refractivity contribution in [3.05, 3.63) is 57.9 Å². The lowest BCUT2D eigenvalue weighted by molar-refractivity contribution is -0.135. The number of hydrogen-bond donors (Lipinski definition) is 1. The Morgan fingerprint density at radius 1 is 1.00 bits per heavy atom. The Balaban J connectivity index is 1.19. The minimum absolute atomic E-state index is 0.265. The molecule has 1 saturated heterocycles. The number of aliphatic hydroxyl groups is 1. The maximum atomic E-state index is 11.7. The smallest absolute Gasteiger partial charge is 0.338 e. The van der Waals surface area contributed by atoms with Crippen LogP contribution in [0.4, 0.5) is 5.95 Å². The van der Waals surface area contributed by atoms with Crippen LogP contribution in [0.3, 0.4) is 0 Å². The number of hydrogen-bond acceptors (Lipinski definition) is 9. The van der Waals surface area contributed by atoms with Crippen LogP contribution in [0.1, 0.15) is 45.6 Å². The van der Waals surface area contributed by atoms with E-state index in [1.807, 2.05) is 13.0 Å². The van der Waals surface area contributed by atoms with Crippen molar-refractivity contribution in [3.63, 3.8) is 0 Å². The fourth-order valence-corrected chi connectivity index (χ4v) is 4.62. The van der Waals surface area contributed by atoms with Crippen molar-refractivity contribution < 1.29 is 24.2 Å². The van der Waals surface area contributed by atoms with E-state index < -0.39 is 6.10 Å². The molecule has 0 radical (unpaired) electrons. The third-order valence-electron chi connectivity index (χ3n) is 6.75. The van der Waals surface area contributed by atoms with Gasteiger partial charge in [-0.05, 0) is 31.0 Å². The van der Waals surface area contributed by atoms with Crippen molar-refractivity contribution in [1.29, 1.82) is 0 Å². The number of β-amino-alcohol motifs (C(OH)–C–C–N with tert-alkyl or cyclic N) is 1. The van der Waals surface area contributed by atoms with Crippen molar-refractivity contribution in [1.82, 2.24) is 14.9 Å². The molecule has 172 valence electrons. The number of anilines is 1. The van der Waals surface area contributed by atoms with Gasteiger partial charge in [0, 0.05) is 67.4 Å². The maximum Gasteiger partial charge on any atom is 0.338 e. The highest BCUT2D eigenvalue weighted by Gasteiger charge is 2.28. The first-order valence-electron chi connectivity index (χ1n) is 11.1. The van der Waals surface area contributed by atoms with E-state index in [4.69, 9.17) is 9.47 Å². The van der Waals surface area contributed by atoms with Crippen molar-refractivity contribution >= 4 is 23.5 Å². The minimum atomic E-state index is -0.638. The standard InChI is InChI=1S/C24H26N4O5/c1-14-17(3-4-18-20(14)13-33-23(18)31)21(29)11-27-5-7-28(8-6-27)24-25-9-16(10-26-24)19-12-32-22(30)15(19)2/h3-4,9-10,21,29H,5-8,11-13H2,1-2H3/t21-/m0/s1. The van der Waals surface area contributed by atoms with E-state index in [2.05, 4.69) is 19.8 Å². The van der Waals surface area contributed by atoms with E-state index in [0.29, 0.717) is 23.6 Å². The number of esters is 2. The average molecular weight is 450 g/mol. The summed E-state index contributed by atoms with van der Waals surface area (Å²) >= 11 is 0. The Kier molecular flexibility index (Phi) is 5.59. The monoisotopic (exact) mass is 450 g/mol. The number of ether oxygens (including phenoxy) is 2. The molecule has 9 heteroatoms. The fourth-order valence-electron chi connectivity index (χ4n) is 4.62. The fraction of sp³-hybridized carbons (Fsp3) is 0.417. The first-order valence-corrected chi connectivity index (χ1v) is 11.1. The number of piperazine rings is 1. The molecule has 1 N–H and O–H groups in total. The Labute approximate surface area is 191 Å². The van der Waals surface area contributed by atoms with Gasteiger partial charge in [-0.3, -0.25) is 4.90 Å². The number of aliphatic hydroxyl groups excluding tert-OH is 1. The summed E-state index contributed by atoms with van der Waals surface area (Å²) in [5.41, 5.74) is 5.49. The van der Waals surface area contributed by atoms with E-state index in [1.54, 1.807) is 25.4 Å². The highest BCUT2D eigenvalue weighted by molar-refractivity contribution is 6.01. The quantitative estimate of drug-likeness (QED) is 0.681. The predicted molar refractivity (Wildman–Crippen MR) is 119 cm³/mol. The van der Waals surface area contributed by atoms with E-state index >= 15 is 0 Å². The van der Waals surface area contributed by atoms with Gasteiger partial charge >= 0.3 is 11.9 Å². The molecule has 33 heavy (non-hydrogen) atoms. The van der Waals surface area contributed by atoms with Crippen LogP contribution in [0.25, 0.3) is 5.57 Å². The van der Waals surface area contributed by atoms with E-state index in [1.165, 1.54) is 0 Å². The zero-order chi connectivity index (χ0) is 23.1. The Hall–Kier alpha value is -3.30. The number of rotatable bonds is 5. The molecule has 1 aromatic heterocycles. The van der Waals surface area contributed by atoms with E-state index in [0.717, 1.165) is 54.0 Å². The lowest BCUT2D eigenvalue weighted by atomic mass is 9.95. The molecule has 9 nitrogen and oxygen atoms in total. The molecule has 3 aliphatic heterocycles. The summed E-state index contributed by atoms with van der Waals surface area (Å²) < 4.78 is 10.2. The molecule has 0 saturated carbocycles. The second-order valence-electron chi connectivity index (χ2n) is 8.64. The molecule has 1 fully saturated rings. The van der Waals surface area contributed by atoms with Gasteiger partial charge in [0.15, 0.2) is 0 Å². The van der Waals surface area contributed by atoms with Crippen molar-refractivity contribution in [2.45, 2.75) is 26.6 Å². The molecule has 1 atom stereocenters. The lowest BCUT2D eigenvalue weighted by Crippen LogP contribution is -2.48. The highest BCUT2D eigenvalue weighted by atomic mass is 16.5. The molecular formula is C24H26N4O5. The number of cyclic esters (lactones) is 2. The van der Waals surface area contributed by atoms with Crippen LogP contribution in [-0.4, -0.2) is 71.2 Å². The van der Waals surface area contributed by atoms with Gasteiger partial charge in [-0.1, -0.05) is 6.07 Å². The van der Waals surface area contributed by atoms with Gasteiger partial charge in [0.05, 0.1) is 11.7 Å². The Bertz CT molecular complexity index is 1140. The molecule has 5 rings (SSSR count).